The Labute approximate surface area is 145 Å². The van der Waals surface area contributed by atoms with Crippen LogP contribution in [0.3, 0.4) is 0 Å². The van der Waals surface area contributed by atoms with Gasteiger partial charge in [-0.3, -0.25) is 4.79 Å². The van der Waals surface area contributed by atoms with Crippen LogP contribution >= 0.6 is 0 Å². The first-order chi connectivity index (χ1) is 11.5. The van der Waals surface area contributed by atoms with E-state index in [1.54, 1.807) is 4.90 Å². The van der Waals surface area contributed by atoms with Crippen LogP contribution < -0.4 is 5.32 Å². The molecule has 0 aliphatic carbocycles. The summed E-state index contributed by atoms with van der Waals surface area (Å²) in [5.74, 6) is 0.856. The number of likely N-dealkylation sites (tertiary alicyclic amines) is 1. The first-order valence-electron chi connectivity index (χ1n) is 8.76. The van der Waals surface area contributed by atoms with Crippen molar-refractivity contribution in [1.29, 1.82) is 0 Å². The van der Waals surface area contributed by atoms with Crippen LogP contribution in [0.1, 0.15) is 32.3 Å². The summed E-state index contributed by atoms with van der Waals surface area (Å²) in [6.07, 6.45) is 1.41. The van der Waals surface area contributed by atoms with Crippen molar-refractivity contribution in [3.05, 3.63) is 35.9 Å². The molecule has 1 fully saturated rings. The highest BCUT2D eigenvalue weighted by Crippen LogP contribution is 2.21. The summed E-state index contributed by atoms with van der Waals surface area (Å²) in [5.41, 5.74) is 1.13. The Hall–Kier alpha value is -2.04. The Morgan fingerprint density at radius 2 is 2.00 bits per heavy atom. The maximum absolute atomic E-state index is 12.4. The molecule has 1 aliphatic rings. The Bertz CT molecular complexity index is 545. The van der Waals surface area contributed by atoms with E-state index in [9.17, 15) is 9.59 Å². The molecule has 3 amide bonds. The zero-order valence-corrected chi connectivity index (χ0v) is 15.0. The topological polar surface area (TPSA) is 52.7 Å². The molecule has 0 aromatic heterocycles. The molecule has 132 valence electrons. The molecule has 1 heterocycles. The van der Waals surface area contributed by atoms with Crippen molar-refractivity contribution in [2.24, 2.45) is 11.8 Å². The van der Waals surface area contributed by atoms with E-state index < -0.39 is 0 Å². The highest BCUT2D eigenvalue weighted by atomic mass is 16.2. The zero-order chi connectivity index (χ0) is 17.5. The van der Waals surface area contributed by atoms with E-state index in [-0.39, 0.29) is 17.9 Å². The smallest absolute Gasteiger partial charge is 0.317 e. The number of hydrogen-bond acceptors (Lipinski definition) is 2. The van der Waals surface area contributed by atoms with E-state index >= 15 is 0 Å². The van der Waals surface area contributed by atoms with Gasteiger partial charge in [0.1, 0.15) is 0 Å². The minimum Gasteiger partial charge on any atom is -0.341 e. The highest BCUT2D eigenvalue weighted by Gasteiger charge is 2.28. The van der Waals surface area contributed by atoms with Gasteiger partial charge in [0.05, 0.1) is 0 Å². The van der Waals surface area contributed by atoms with Crippen molar-refractivity contribution in [1.82, 2.24) is 15.1 Å². The van der Waals surface area contributed by atoms with Crippen LogP contribution in [-0.4, -0.2) is 48.4 Å². The van der Waals surface area contributed by atoms with Crippen LogP contribution in [0.25, 0.3) is 0 Å². The predicted molar refractivity (Wildman–Crippen MR) is 95.4 cm³/mol. The number of nitrogens with zero attached hydrogens (tertiary/aromatic N) is 2. The number of benzene rings is 1. The summed E-state index contributed by atoms with van der Waals surface area (Å²) in [6, 6.07) is 10.00. The SMILES string of the molecule is CC(C)CNC(=O)N1CCC(CC(=O)N(C)Cc2ccccc2)C1. The van der Waals surface area contributed by atoms with E-state index in [1.807, 2.05) is 42.3 Å². The summed E-state index contributed by atoms with van der Waals surface area (Å²) in [4.78, 5) is 28.1. The number of amides is 3. The van der Waals surface area contributed by atoms with Crippen LogP contribution in [-0.2, 0) is 11.3 Å². The molecule has 1 unspecified atom stereocenters. The molecule has 0 bridgehead atoms. The summed E-state index contributed by atoms with van der Waals surface area (Å²) < 4.78 is 0. The van der Waals surface area contributed by atoms with Gasteiger partial charge in [0, 0.05) is 39.6 Å². The molecule has 1 aliphatic heterocycles. The molecule has 0 spiro atoms. The van der Waals surface area contributed by atoms with Crippen molar-refractivity contribution in [2.45, 2.75) is 33.2 Å². The van der Waals surface area contributed by atoms with Gasteiger partial charge in [-0.25, -0.2) is 4.79 Å². The number of urea groups is 1. The Kier molecular flexibility index (Phi) is 6.64. The van der Waals surface area contributed by atoms with E-state index in [2.05, 4.69) is 19.2 Å². The van der Waals surface area contributed by atoms with Crippen LogP contribution in [0.5, 0.6) is 0 Å². The van der Waals surface area contributed by atoms with Gasteiger partial charge < -0.3 is 15.1 Å². The Morgan fingerprint density at radius 1 is 1.29 bits per heavy atom. The Morgan fingerprint density at radius 3 is 2.67 bits per heavy atom. The molecule has 24 heavy (non-hydrogen) atoms. The lowest BCUT2D eigenvalue weighted by Crippen LogP contribution is -2.40. The van der Waals surface area contributed by atoms with Crippen LogP contribution in [0.15, 0.2) is 30.3 Å². The molecular weight excluding hydrogens is 302 g/mol. The quantitative estimate of drug-likeness (QED) is 0.871. The third kappa shape index (κ3) is 5.55. The molecule has 0 radical (unpaired) electrons. The molecule has 5 heteroatoms. The number of carbonyl (C=O) groups excluding carboxylic acids is 2. The molecule has 1 aromatic carbocycles. The van der Waals surface area contributed by atoms with Crippen molar-refractivity contribution in [2.75, 3.05) is 26.7 Å². The second-order valence-electron chi connectivity index (χ2n) is 7.12. The number of carbonyl (C=O) groups is 2. The first-order valence-corrected chi connectivity index (χ1v) is 8.76. The van der Waals surface area contributed by atoms with Gasteiger partial charge in [0.25, 0.3) is 0 Å². The van der Waals surface area contributed by atoms with E-state index in [0.717, 1.165) is 18.5 Å². The maximum atomic E-state index is 12.4. The minimum atomic E-state index is -0.00344. The fourth-order valence-corrected chi connectivity index (χ4v) is 2.94. The Balaban J connectivity index is 1.75. The lowest BCUT2D eigenvalue weighted by Gasteiger charge is -2.20. The summed E-state index contributed by atoms with van der Waals surface area (Å²) in [5, 5.41) is 2.94. The third-order valence-corrected chi connectivity index (χ3v) is 4.39. The average molecular weight is 331 g/mol. The van der Waals surface area contributed by atoms with E-state index in [0.29, 0.717) is 32.0 Å². The van der Waals surface area contributed by atoms with Gasteiger partial charge in [0.15, 0.2) is 0 Å². The van der Waals surface area contributed by atoms with Gasteiger partial charge in [-0.1, -0.05) is 44.2 Å². The molecule has 1 atom stereocenters. The second-order valence-corrected chi connectivity index (χ2v) is 7.12. The number of nitrogens with one attached hydrogen (secondary N) is 1. The van der Waals surface area contributed by atoms with Crippen molar-refractivity contribution >= 4 is 11.9 Å². The van der Waals surface area contributed by atoms with Gasteiger partial charge in [-0.15, -0.1) is 0 Å². The van der Waals surface area contributed by atoms with Crippen molar-refractivity contribution < 1.29 is 9.59 Å². The fraction of sp³-hybridized carbons (Fsp3) is 0.579. The molecular formula is C19H29N3O2. The zero-order valence-electron chi connectivity index (χ0n) is 15.0. The third-order valence-electron chi connectivity index (χ3n) is 4.39. The van der Waals surface area contributed by atoms with E-state index in [4.69, 9.17) is 0 Å². The fourth-order valence-electron chi connectivity index (χ4n) is 2.94. The van der Waals surface area contributed by atoms with Crippen LogP contribution in [0.4, 0.5) is 4.79 Å². The molecule has 1 saturated heterocycles. The first kappa shape index (κ1) is 18.3. The largest absolute Gasteiger partial charge is 0.341 e. The van der Waals surface area contributed by atoms with Gasteiger partial charge in [-0.05, 0) is 23.8 Å². The number of hydrogen-bond donors (Lipinski definition) is 1. The molecule has 1 N–H and O–H groups in total. The van der Waals surface area contributed by atoms with Gasteiger partial charge >= 0.3 is 6.03 Å². The number of rotatable bonds is 6. The lowest BCUT2D eigenvalue weighted by molar-refractivity contribution is -0.131. The molecule has 0 saturated carbocycles. The van der Waals surface area contributed by atoms with E-state index in [1.165, 1.54) is 0 Å². The normalized spacial score (nSPS) is 17.2. The highest BCUT2D eigenvalue weighted by molar-refractivity contribution is 5.77. The average Bonchev–Trinajstić information content (AvgIpc) is 3.02. The monoisotopic (exact) mass is 331 g/mol. The second kappa shape index (κ2) is 8.71. The standard InChI is InChI=1S/C19H29N3O2/c1-15(2)12-20-19(24)22-10-9-17(14-22)11-18(23)21(3)13-16-7-5-4-6-8-16/h4-8,15,17H,9-14H2,1-3H3,(H,20,24). The van der Waals surface area contributed by atoms with Crippen molar-refractivity contribution in [3.8, 4) is 0 Å². The lowest BCUT2D eigenvalue weighted by atomic mass is 10.0. The minimum absolute atomic E-state index is 0.00344. The molecule has 2 rings (SSSR count). The van der Waals surface area contributed by atoms with Gasteiger partial charge in [-0.2, -0.15) is 0 Å². The molecule has 5 nitrogen and oxygen atoms in total. The summed E-state index contributed by atoms with van der Waals surface area (Å²) >= 11 is 0. The predicted octanol–water partition coefficient (Wildman–Crippen LogP) is 2.72. The summed E-state index contributed by atoms with van der Waals surface area (Å²) in [6.45, 7) is 6.89. The van der Waals surface area contributed by atoms with Gasteiger partial charge in [0.2, 0.25) is 5.91 Å². The molecule has 1 aromatic rings. The van der Waals surface area contributed by atoms with Crippen LogP contribution in [0, 0.1) is 11.8 Å². The summed E-state index contributed by atoms with van der Waals surface area (Å²) in [7, 11) is 1.84. The van der Waals surface area contributed by atoms with Crippen molar-refractivity contribution in [3.63, 3.8) is 0 Å². The van der Waals surface area contributed by atoms with Crippen LogP contribution in [0.2, 0.25) is 0 Å². The maximum Gasteiger partial charge on any atom is 0.317 e.